The van der Waals surface area contributed by atoms with Gasteiger partial charge in [-0.3, -0.25) is 18.3 Å². The Bertz CT molecular complexity index is 985. The van der Waals surface area contributed by atoms with E-state index in [4.69, 9.17) is 4.74 Å². The van der Waals surface area contributed by atoms with Crippen LogP contribution in [0.4, 0.5) is 0 Å². The molecule has 2 aromatic rings. The predicted octanol–water partition coefficient (Wildman–Crippen LogP) is 5.15. The average molecular weight is 523 g/mol. The van der Waals surface area contributed by atoms with Crippen molar-refractivity contribution in [2.24, 2.45) is 0 Å². The summed E-state index contributed by atoms with van der Waals surface area (Å²) in [6.07, 6.45) is 11.4. The lowest BCUT2D eigenvalue weighted by Gasteiger charge is -2.33. The van der Waals surface area contributed by atoms with Gasteiger partial charge in [0.1, 0.15) is 0 Å². The smallest absolute Gasteiger partial charge is 0.331 e. The molecule has 2 rings (SSSR count). The van der Waals surface area contributed by atoms with Gasteiger partial charge in [0.2, 0.25) is 11.8 Å². The highest BCUT2D eigenvalue weighted by Crippen LogP contribution is 2.34. The summed E-state index contributed by atoms with van der Waals surface area (Å²) < 4.78 is 12.2. The standard InChI is InChI=1S/C28H50N4O5/c1-7-27(8-2,31-23(33)21-29(11-5)25(31)35)17-13-15-19-37-20-16-14-18-28(9-3,10-4)32-24(34)22-30(12-6)26(32)36/h21-22,33-34H,7-20H2,1-6H3. The van der Waals surface area contributed by atoms with E-state index in [9.17, 15) is 19.8 Å². The highest BCUT2D eigenvalue weighted by molar-refractivity contribution is 5.11. The van der Waals surface area contributed by atoms with Crippen molar-refractivity contribution in [2.45, 2.75) is 130 Å². The largest absolute Gasteiger partial charge is 0.493 e. The molecule has 212 valence electrons. The van der Waals surface area contributed by atoms with Gasteiger partial charge in [-0.1, -0.05) is 27.7 Å². The summed E-state index contributed by atoms with van der Waals surface area (Å²) in [5.41, 5.74) is -1.05. The fourth-order valence-electron chi connectivity index (χ4n) is 5.78. The van der Waals surface area contributed by atoms with Crippen molar-refractivity contribution >= 4 is 0 Å². The van der Waals surface area contributed by atoms with Crippen LogP contribution in [0.3, 0.4) is 0 Å². The van der Waals surface area contributed by atoms with Gasteiger partial charge in [-0.05, 0) is 78.1 Å². The molecule has 0 spiro atoms. The molecule has 2 aromatic heterocycles. The zero-order valence-electron chi connectivity index (χ0n) is 24.0. The van der Waals surface area contributed by atoms with Crippen molar-refractivity contribution in [1.29, 1.82) is 0 Å². The monoisotopic (exact) mass is 522 g/mol. The Balaban J connectivity index is 1.82. The highest BCUT2D eigenvalue weighted by atomic mass is 16.5. The molecule has 0 aliphatic rings. The summed E-state index contributed by atoms with van der Waals surface area (Å²) in [5.74, 6) is 0.0905. The molecular formula is C28H50N4O5. The lowest BCUT2D eigenvalue weighted by molar-refractivity contribution is 0.115. The Hall–Kier alpha value is -2.42. The minimum atomic E-state index is -0.383. The Morgan fingerprint density at radius 1 is 0.649 bits per heavy atom. The van der Waals surface area contributed by atoms with E-state index in [0.717, 1.165) is 64.2 Å². The Labute approximate surface area is 221 Å². The van der Waals surface area contributed by atoms with Crippen LogP contribution in [0.1, 0.15) is 106 Å². The van der Waals surface area contributed by atoms with Gasteiger partial charge in [-0.25, -0.2) is 9.59 Å². The zero-order chi connectivity index (χ0) is 27.6. The van der Waals surface area contributed by atoms with Gasteiger partial charge >= 0.3 is 11.4 Å². The molecule has 0 aliphatic heterocycles. The van der Waals surface area contributed by atoms with Crippen LogP contribution < -0.4 is 11.4 Å². The van der Waals surface area contributed by atoms with Crippen molar-refractivity contribution in [2.75, 3.05) is 13.2 Å². The number of imidazole rings is 2. The molecule has 0 amide bonds. The van der Waals surface area contributed by atoms with Crippen LogP contribution >= 0.6 is 0 Å². The number of ether oxygens (including phenoxy) is 1. The van der Waals surface area contributed by atoms with E-state index in [1.807, 2.05) is 13.8 Å². The summed E-state index contributed by atoms with van der Waals surface area (Å²) in [5, 5.41) is 20.9. The Kier molecular flexibility index (Phi) is 11.6. The molecule has 0 atom stereocenters. The molecule has 0 bridgehead atoms. The first-order valence-corrected chi connectivity index (χ1v) is 14.3. The molecule has 0 aliphatic carbocycles. The fraction of sp³-hybridized carbons (Fsp3) is 0.786. The number of aromatic nitrogens is 4. The molecular weight excluding hydrogens is 472 g/mol. The topological polar surface area (TPSA) is 104 Å². The normalized spacial score (nSPS) is 12.5. The summed E-state index contributed by atoms with van der Waals surface area (Å²) in [6.45, 7) is 14.5. The van der Waals surface area contributed by atoms with E-state index in [2.05, 4.69) is 27.7 Å². The predicted molar refractivity (Wildman–Crippen MR) is 148 cm³/mol. The maximum atomic E-state index is 12.8. The maximum absolute atomic E-state index is 12.8. The lowest BCUT2D eigenvalue weighted by atomic mass is 9.86. The van der Waals surface area contributed by atoms with E-state index in [1.54, 1.807) is 18.3 Å². The van der Waals surface area contributed by atoms with E-state index < -0.39 is 0 Å². The molecule has 37 heavy (non-hydrogen) atoms. The van der Waals surface area contributed by atoms with Gasteiger partial charge in [0, 0.05) is 26.3 Å². The molecule has 0 fully saturated rings. The molecule has 0 saturated heterocycles. The van der Waals surface area contributed by atoms with E-state index in [1.165, 1.54) is 12.4 Å². The van der Waals surface area contributed by atoms with E-state index in [0.29, 0.717) is 26.3 Å². The van der Waals surface area contributed by atoms with Crippen LogP contribution in [0.25, 0.3) is 0 Å². The second-order valence-electron chi connectivity index (χ2n) is 10.2. The summed E-state index contributed by atoms with van der Waals surface area (Å²) in [6, 6.07) is 0. The maximum Gasteiger partial charge on any atom is 0.331 e. The van der Waals surface area contributed by atoms with Crippen molar-refractivity contribution in [3.63, 3.8) is 0 Å². The first-order chi connectivity index (χ1) is 17.7. The van der Waals surface area contributed by atoms with E-state index >= 15 is 0 Å². The van der Waals surface area contributed by atoms with E-state index in [-0.39, 0.29) is 34.2 Å². The summed E-state index contributed by atoms with van der Waals surface area (Å²) >= 11 is 0. The minimum Gasteiger partial charge on any atom is -0.493 e. The molecule has 0 radical (unpaired) electrons. The quantitative estimate of drug-likeness (QED) is 0.264. The molecule has 2 heterocycles. The number of aryl methyl sites for hydroxylation is 2. The molecule has 0 aromatic carbocycles. The number of hydrogen-bond acceptors (Lipinski definition) is 5. The van der Waals surface area contributed by atoms with Gasteiger partial charge in [-0.2, -0.15) is 0 Å². The number of hydrogen-bond donors (Lipinski definition) is 2. The average Bonchev–Trinajstić information content (AvgIpc) is 3.37. The third kappa shape index (κ3) is 6.54. The van der Waals surface area contributed by atoms with Gasteiger partial charge in [-0.15, -0.1) is 0 Å². The van der Waals surface area contributed by atoms with Gasteiger partial charge in [0.25, 0.3) is 0 Å². The third-order valence-electron chi connectivity index (χ3n) is 8.50. The van der Waals surface area contributed by atoms with Crippen molar-refractivity contribution in [3.05, 3.63) is 33.4 Å². The van der Waals surface area contributed by atoms with Crippen molar-refractivity contribution in [3.8, 4) is 11.8 Å². The second-order valence-corrected chi connectivity index (χ2v) is 10.2. The SMILES string of the molecule is CCn1cc(O)n(C(CC)(CC)CCCCOCCCCC(CC)(CC)n2c(O)cn(CC)c2=O)c1=O. The Morgan fingerprint density at radius 2 is 1.00 bits per heavy atom. The van der Waals surface area contributed by atoms with Crippen molar-refractivity contribution < 1.29 is 14.9 Å². The number of unbranched alkanes of at least 4 members (excludes halogenated alkanes) is 2. The van der Waals surface area contributed by atoms with Crippen LogP contribution in [0.2, 0.25) is 0 Å². The van der Waals surface area contributed by atoms with Crippen LogP contribution in [-0.2, 0) is 28.9 Å². The van der Waals surface area contributed by atoms with Crippen LogP contribution in [0.5, 0.6) is 11.8 Å². The van der Waals surface area contributed by atoms with Gasteiger partial charge in [0.15, 0.2) is 0 Å². The molecule has 0 unspecified atom stereocenters. The number of nitrogens with zero attached hydrogens (tertiary/aromatic N) is 4. The Morgan fingerprint density at radius 3 is 1.27 bits per heavy atom. The van der Waals surface area contributed by atoms with Crippen LogP contribution in [-0.4, -0.2) is 41.7 Å². The first-order valence-electron chi connectivity index (χ1n) is 14.3. The zero-order valence-corrected chi connectivity index (χ0v) is 24.0. The molecule has 0 saturated carbocycles. The fourth-order valence-corrected chi connectivity index (χ4v) is 5.78. The minimum absolute atomic E-state index is 0.0453. The summed E-state index contributed by atoms with van der Waals surface area (Å²) in [7, 11) is 0. The highest BCUT2D eigenvalue weighted by Gasteiger charge is 2.33. The van der Waals surface area contributed by atoms with Gasteiger partial charge in [0.05, 0.1) is 23.5 Å². The second kappa shape index (κ2) is 13.9. The number of aromatic hydroxyl groups is 2. The number of rotatable bonds is 18. The molecule has 9 heteroatoms. The summed E-state index contributed by atoms with van der Waals surface area (Å²) in [4.78, 5) is 25.6. The third-order valence-corrected chi connectivity index (χ3v) is 8.50. The molecule has 9 nitrogen and oxygen atoms in total. The van der Waals surface area contributed by atoms with Gasteiger partial charge < -0.3 is 14.9 Å². The lowest BCUT2D eigenvalue weighted by Crippen LogP contribution is -2.40. The van der Waals surface area contributed by atoms with Crippen LogP contribution in [0, 0.1) is 0 Å². The molecule has 2 N–H and O–H groups in total. The van der Waals surface area contributed by atoms with Crippen molar-refractivity contribution in [1.82, 2.24) is 18.3 Å². The first kappa shape index (κ1) is 30.8. The van der Waals surface area contributed by atoms with Crippen LogP contribution in [0.15, 0.2) is 22.0 Å².